The summed E-state index contributed by atoms with van der Waals surface area (Å²) in [4.78, 5) is 15.0. The number of amides is 1. The molecule has 0 saturated heterocycles. The van der Waals surface area contributed by atoms with Crippen LogP contribution in [0.3, 0.4) is 0 Å². The minimum Gasteiger partial charge on any atom is -0.314 e. The third-order valence-corrected chi connectivity index (χ3v) is 4.11. The van der Waals surface area contributed by atoms with E-state index >= 15 is 0 Å². The SMILES string of the molecule is CCSc1ccc(N(C)C(=O)C2(C#N)CC2)cc1. The van der Waals surface area contributed by atoms with Gasteiger partial charge in [0.1, 0.15) is 5.41 Å². The summed E-state index contributed by atoms with van der Waals surface area (Å²) in [5.74, 6) is 0.951. The van der Waals surface area contributed by atoms with Crippen LogP contribution in [0.5, 0.6) is 0 Å². The van der Waals surface area contributed by atoms with E-state index in [0.717, 1.165) is 11.4 Å². The van der Waals surface area contributed by atoms with Crippen LogP contribution < -0.4 is 4.90 Å². The second kappa shape index (κ2) is 5.03. The number of carbonyl (C=O) groups is 1. The molecule has 3 nitrogen and oxygen atoms in total. The molecule has 4 heteroatoms. The summed E-state index contributed by atoms with van der Waals surface area (Å²) in [5, 5.41) is 9.04. The Kier molecular flexibility index (Phi) is 3.63. The molecule has 1 saturated carbocycles. The number of hydrogen-bond donors (Lipinski definition) is 0. The number of carbonyl (C=O) groups excluding carboxylic acids is 1. The lowest BCUT2D eigenvalue weighted by Crippen LogP contribution is -2.33. The Hall–Kier alpha value is -1.47. The van der Waals surface area contributed by atoms with Crippen LogP contribution in [0.15, 0.2) is 29.2 Å². The molecule has 1 aromatic carbocycles. The van der Waals surface area contributed by atoms with Gasteiger partial charge < -0.3 is 4.90 Å². The van der Waals surface area contributed by atoms with Gasteiger partial charge in [0.25, 0.3) is 0 Å². The smallest absolute Gasteiger partial charge is 0.247 e. The third-order valence-electron chi connectivity index (χ3n) is 3.21. The van der Waals surface area contributed by atoms with E-state index < -0.39 is 5.41 Å². The molecule has 0 heterocycles. The summed E-state index contributed by atoms with van der Waals surface area (Å²) in [5.41, 5.74) is 0.105. The highest BCUT2D eigenvalue weighted by atomic mass is 32.2. The molecule has 1 amide bonds. The first kappa shape index (κ1) is 13.0. The second-order valence-electron chi connectivity index (χ2n) is 4.48. The van der Waals surface area contributed by atoms with Gasteiger partial charge >= 0.3 is 0 Å². The first-order chi connectivity index (χ1) is 8.63. The molecule has 0 N–H and O–H groups in total. The van der Waals surface area contributed by atoms with Crippen LogP contribution in [-0.4, -0.2) is 18.7 Å². The van der Waals surface area contributed by atoms with Crippen molar-refractivity contribution >= 4 is 23.4 Å². The maximum Gasteiger partial charge on any atom is 0.247 e. The Labute approximate surface area is 112 Å². The summed E-state index contributed by atoms with van der Waals surface area (Å²) >= 11 is 1.77. The number of benzene rings is 1. The van der Waals surface area contributed by atoms with Crippen molar-refractivity contribution in [3.05, 3.63) is 24.3 Å². The van der Waals surface area contributed by atoms with Gasteiger partial charge in [0, 0.05) is 17.6 Å². The van der Waals surface area contributed by atoms with Crippen LogP contribution in [0.4, 0.5) is 5.69 Å². The van der Waals surface area contributed by atoms with Crippen LogP contribution in [0.1, 0.15) is 19.8 Å². The van der Waals surface area contributed by atoms with E-state index in [9.17, 15) is 4.79 Å². The van der Waals surface area contributed by atoms with E-state index in [-0.39, 0.29) is 5.91 Å². The molecule has 1 aliphatic carbocycles. The average molecular weight is 260 g/mol. The summed E-state index contributed by atoms with van der Waals surface area (Å²) in [7, 11) is 1.74. The number of nitrogens with zero attached hydrogens (tertiary/aromatic N) is 2. The van der Waals surface area contributed by atoms with Crippen molar-refractivity contribution in [2.45, 2.75) is 24.7 Å². The number of rotatable bonds is 4. The van der Waals surface area contributed by atoms with Gasteiger partial charge in [-0.15, -0.1) is 11.8 Å². The summed E-state index contributed by atoms with van der Waals surface area (Å²) < 4.78 is 0. The lowest BCUT2D eigenvalue weighted by atomic mass is 10.1. The first-order valence-corrected chi connectivity index (χ1v) is 7.04. The second-order valence-corrected chi connectivity index (χ2v) is 5.82. The lowest BCUT2D eigenvalue weighted by Gasteiger charge is -2.20. The predicted molar refractivity (Wildman–Crippen MR) is 73.5 cm³/mol. The van der Waals surface area contributed by atoms with Gasteiger partial charge in [0.05, 0.1) is 6.07 Å². The molecular formula is C14H16N2OS. The Morgan fingerprint density at radius 2 is 2.06 bits per heavy atom. The van der Waals surface area contributed by atoms with Gasteiger partial charge in [-0.05, 0) is 42.9 Å². The van der Waals surface area contributed by atoms with Crippen molar-refractivity contribution in [2.75, 3.05) is 17.7 Å². The van der Waals surface area contributed by atoms with Crippen molar-refractivity contribution in [2.24, 2.45) is 5.41 Å². The zero-order chi connectivity index (χ0) is 13.2. The number of anilines is 1. The molecule has 1 fully saturated rings. The minimum atomic E-state index is -0.744. The first-order valence-electron chi connectivity index (χ1n) is 6.05. The summed E-state index contributed by atoms with van der Waals surface area (Å²) in [6.45, 7) is 2.11. The largest absolute Gasteiger partial charge is 0.314 e. The fourth-order valence-electron chi connectivity index (χ4n) is 1.87. The van der Waals surface area contributed by atoms with Crippen LogP contribution >= 0.6 is 11.8 Å². The molecule has 0 atom stereocenters. The molecule has 1 aliphatic rings. The van der Waals surface area contributed by atoms with Crippen LogP contribution in [0, 0.1) is 16.7 Å². The van der Waals surface area contributed by atoms with Crippen molar-refractivity contribution in [3.8, 4) is 6.07 Å². The van der Waals surface area contributed by atoms with E-state index in [2.05, 4.69) is 13.0 Å². The summed E-state index contributed by atoms with van der Waals surface area (Å²) in [6, 6.07) is 10.0. The molecule has 0 radical (unpaired) electrons. The third kappa shape index (κ3) is 2.37. The number of hydrogen-bond acceptors (Lipinski definition) is 3. The summed E-state index contributed by atoms with van der Waals surface area (Å²) in [6.07, 6.45) is 1.38. The van der Waals surface area contributed by atoms with E-state index in [1.165, 1.54) is 4.90 Å². The van der Waals surface area contributed by atoms with E-state index in [1.54, 1.807) is 23.7 Å². The highest BCUT2D eigenvalue weighted by Gasteiger charge is 2.52. The van der Waals surface area contributed by atoms with E-state index in [1.807, 2.05) is 24.3 Å². The molecule has 0 unspecified atom stereocenters. The molecule has 0 aromatic heterocycles. The topological polar surface area (TPSA) is 44.1 Å². The van der Waals surface area contributed by atoms with Gasteiger partial charge in [0.15, 0.2) is 0 Å². The molecule has 94 valence electrons. The van der Waals surface area contributed by atoms with Crippen LogP contribution in [0.25, 0.3) is 0 Å². The van der Waals surface area contributed by atoms with Gasteiger partial charge in [-0.1, -0.05) is 6.92 Å². The lowest BCUT2D eigenvalue weighted by molar-refractivity contribution is -0.121. The molecule has 0 aliphatic heterocycles. The zero-order valence-corrected chi connectivity index (χ0v) is 11.5. The Morgan fingerprint density at radius 3 is 2.50 bits per heavy atom. The van der Waals surface area contributed by atoms with Crippen LogP contribution in [0.2, 0.25) is 0 Å². The van der Waals surface area contributed by atoms with Gasteiger partial charge in [0.2, 0.25) is 5.91 Å². The van der Waals surface area contributed by atoms with Crippen LogP contribution in [-0.2, 0) is 4.79 Å². The standard InChI is InChI=1S/C14H16N2OS/c1-3-18-12-6-4-11(5-7-12)16(2)13(17)14(10-15)8-9-14/h4-7H,3,8-9H2,1-2H3. The zero-order valence-electron chi connectivity index (χ0n) is 10.6. The van der Waals surface area contributed by atoms with Gasteiger partial charge in [-0.3, -0.25) is 4.79 Å². The van der Waals surface area contributed by atoms with Gasteiger partial charge in [-0.25, -0.2) is 0 Å². The Balaban J connectivity index is 2.12. The monoisotopic (exact) mass is 260 g/mol. The maximum absolute atomic E-state index is 12.2. The fourth-order valence-corrected chi connectivity index (χ4v) is 2.53. The molecule has 0 bridgehead atoms. The van der Waals surface area contributed by atoms with E-state index in [4.69, 9.17) is 5.26 Å². The molecule has 0 spiro atoms. The molecule has 2 rings (SSSR count). The van der Waals surface area contributed by atoms with Crippen molar-refractivity contribution in [1.82, 2.24) is 0 Å². The van der Waals surface area contributed by atoms with Crippen molar-refractivity contribution < 1.29 is 4.79 Å². The Bertz CT molecular complexity index is 486. The predicted octanol–water partition coefficient (Wildman–Crippen LogP) is 3.07. The fraction of sp³-hybridized carbons (Fsp3) is 0.429. The molecule has 18 heavy (non-hydrogen) atoms. The minimum absolute atomic E-state index is 0.0825. The average Bonchev–Trinajstić information content (AvgIpc) is 3.19. The van der Waals surface area contributed by atoms with Gasteiger partial charge in [-0.2, -0.15) is 5.26 Å². The highest BCUT2D eigenvalue weighted by Crippen LogP contribution is 2.46. The highest BCUT2D eigenvalue weighted by molar-refractivity contribution is 7.99. The number of nitriles is 1. The van der Waals surface area contributed by atoms with Crippen molar-refractivity contribution in [3.63, 3.8) is 0 Å². The quantitative estimate of drug-likeness (QED) is 0.781. The normalized spacial score (nSPS) is 15.8. The Morgan fingerprint density at radius 1 is 1.44 bits per heavy atom. The molecule has 1 aromatic rings. The van der Waals surface area contributed by atoms with E-state index in [0.29, 0.717) is 12.8 Å². The van der Waals surface area contributed by atoms with Crippen molar-refractivity contribution in [1.29, 1.82) is 5.26 Å². The maximum atomic E-state index is 12.2. The molecular weight excluding hydrogens is 244 g/mol. The number of thioether (sulfide) groups is 1.